The fraction of sp³-hybridized carbons (Fsp3) is 0.667. The molecule has 1 aliphatic rings. The lowest BCUT2D eigenvalue weighted by atomic mass is 10.1. The monoisotopic (exact) mass is 278 g/mol. The predicted octanol–water partition coefficient (Wildman–Crippen LogP) is -2.13. The van der Waals surface area contributed by atoms with Gasteiger partial charge in [-0.2, -0.15) is 0 Å². The van der Waals surface area contributed by atoms with Gasteiger partial charge in [-0.25, -0.2) is 13.2 Å². The van der Waals surface area contributed by atoms with Gasteiger partial charge in [0.15, 0.2) is 9.84 Å². The molecule has 1 aliphatic heterocycles. The number of hydrogen-bond donors (Lipinski definition) is 3. The summed E-state index contributed by atoms with van der Waals surface area (Å²) in [6.07, 6.45) is -0.363. The normalized spacial score (nSPS) is 23.2. The van der Waals surface area contributed by atoms with Crippen molar-refractivity contribution in [2.75, 3.05) is 11.5 Å². The fourth-order valence-electron chi connectivity index (χ4n) is 1.69. The standard InChI is InChI=1S/C9H14N2O6S/c10-7(12)3-6(9(14)15)11-8(13)5-1-2-18(16,17)4-5/h5-6H,1-4H2,(H2,10,12)(H,11,13)(H,14,15)/t5?,6-/m1/s1. The molecule has 0 aliphatic carbocycles. The van der Waals surface area contributed by atoms with E-state index in [2.05, 4.69) is 5.32 Å². The third-order valence-corrected chi connectivity index (χ3v) is 4.39. The lowest BCUT2D eigenvalue weighted by Crippen LogP contribution is -2.45. The molecule has 9 heteroatoms. The van der Waals surface area contributed by atoms with Crippen molar-refractivity contribution in [1.29, 1.82) is 0 Å². The van der Waals surface area contributed by atoms with Gasteiger partial charge in [-0.1, -0.05) is 0 Å². The number of aliphatic carboxylic acids is 1. The highest BCUT2D eigenvalue weighted by Gasteiger charge is 2.34. The van der Waals surface area contributed by atoms with E-state index < -0.39 is 46.0 Å². The molecule has 0 aromatic rings. The number of nitrogens with one attached hydrogen (secondary N) is 1. The first-order valence-corrected chi connectivity index (χ1v) is 7.05. The molecular weight excluding hydrogens is 264 g/mol. The van der Waals surface area contributed by atoms with Gasteiger partial charge < -0.3 is 16.2 Å². The van der Waals surface area contributed by atoms with Crippen LogP contribution in [0.5, 0.6) is 0 Å². The van der Waals surface area contributed by atoms with Crippen LogP contribution < -0.4 is 11.1 Å². The quantitative estimate of drug-likeness (QED) is 0.524. The average Bonchev–Trinajstić information content (AvgIpc) is 2.57. The molecule has 8 nitrogen and oxygen atoms in total. The maximum atomic E-state index is 11.6. The molecule has 102 valence electrons. The fourth-order valence-corrected chi connectivity index (χ4v) is 3.43. The highest BCUT2D eigenvalue weighted by atomic mass is 32.2. The van der Waals surface area contributed by atoms with E-state index in [0.717, 1.165) is 0 Å². The Bertz CT molecular complexity index is 471. The molecule has 1 rings (SSSR count). The maximum absolute atomic E-state index is 11.6. The second-order valence-corrected chi connectivity index (χ2v) is 6.40. The lowest BCUT2D eigenvalue weighted by molar-refractivity contribution is -0.143. The first-order chi connectivity index (χ1) is 8.21. The summed E-state index contributed by atoms with van der Waals surface area (Å²) in [5.74, 6) is -4.06. The van der Waals surface area contributed by atoms with E-state index in [4.69, 9.17) is 10.8 Å². The van der Waals surface area contributed by atoms with E-state index in [-0.39, 0.29) is 17.9 Å². The molecular formula is C9H14N2O6S. The van der Waals surface area contributed by atoms with Crippen LogP contribution in [0.25, 0.3) is 0 Å². The molecule has 1 unspecified atom stereocenters. The lowest BCUT2D eigenvalue weighted by Gasteiger charge is -2.15. The van der Waals surface area contributed by atoms with Crippen molar-refractivity contribution in [3.63, 3.8) is 0 Å². The SMILES string of the molecule is NC(=O)C[C@@H](NC(=O)C1CCS(=O)(=O)C1)C(=O)O. The molecule has 0 spiro atoms. The molecule has 4 N–H and O–H groups in total. The highest BCUT2D eigenvalue weighted by Crippen LogP contribution is 2.18. The number of carboxylic acid groups (broad SMARTS) is 1. The summed E-state index contributed by atoms with van der Waals surface area (Å²) in [6.45, 7) is 0. The molecule has 0 aromatic heterocycles. The van der Waals surface area contributed by atoms with Crippen LogP contribution in [0, 0.1) is 5.92 Å². The van der Waals surface area contributed by atoms with Gasteiger partial charge >= 0.3 is 5.97 Å². The molecule has 0 bridgehead atoms. The number of carbonyl (C=O) groups is 3. The average molecular weight is 278 g/mol. The first kappa shape index (κ1) is 14.4. The Hall–Kier alpha value is -1.64. The van der Waals surface area contributed by atoms with Crippen molar-refractivity contribution < 1.29 is 27.9 Å². The summed E-state index contributed by atoms with van der Waals surface area (Å²) in [4.78, 5) is 33.0. The smallest absolute Gasteiger partial charge is 0.326 e. The molecule has 1 fully saturated rings. The molecule has 0 radical (unpaired) electrons. The Labute approximate surface area is 103 Å². The molecule has 18 heavy (non-hydrogen) atoms. The minimum Gasteiger partial charge on any atom is -0.480 e. The van der Waals surface area contributed by atoms with Crippen LogP contribution in [0.3, 0.4) is 0 Å². The predicted molar refractivity (Wildman–Crippen MR) is 60.1 cm³/mol. The van der Waals surface area contributed by atoms with Crippen molar-refractivity contribution in [3.05, 3.63) is 0 Å². The molecule has 1 saturated heterocycles. The van der Waals surface area contributed by atoms with E-state index in [9.17, 15) is 22.8 Å². The van der Waals surface area contributed by atoms with Crippen molar-refractivity contribution in [2.45, 2.75) is 18.9 Å². The Morgan fingerprint density at radius 2 is 2.00 bits per heavy atom. The van der Waals surface area contributed by atoms with E-state index in [1.165, 1.54) is 0 Å². The zero-order valence-electron chi connectivity index (χ0n) is 9.46. The zero-order chi connectivity index (χ0) is 13.9. The van der Waals surface area contributed by atoms with Gasteiger partial charge in [0.25, 0.3) is 0 Å². The zero-order valence-corrected chi connectivity index (χ0v) is 10.3. The second-order valence-electron chi connectivity index (χ2n) is 4.17. The van der Waals surface area contributed by atoms with Crippen LogP contribution >= 0.6 is 0 Å². The van der Waals surface area contributed by atoms with Crippen LogP contribution in [0.2, 0.25) is 0 Å². The largest absolute Gasteiger partial charge is 0.480 e. The van der Waals surface area contributed by atoms with Crippen molar-refractivity contribution in [2.24, 2.45) is 11.7 Å². The third-order valence-electron chi connectivity index (χ3n) is 2.62. The molecule has 2 atom stereocenters. The van der Waals surface area contributed by atoms with Gasteiger partial charge in [0.05, 0.1) is 23.8 Å². The Morgan fingerprint density at radius 3 is 2.39 bits per heavy atom. The maximum Gasteiger partial charge on any atom is 0.326 e. The van der Waals surface area contributed by atoms with Crippen molar-refractivity contribution >= 4 is 27.6 Å². The number of rotatable bonds is 5. The number of primary amides is 1. The van der Waals surface area contributed by atoms with E-state index in [0.29, 0.717) is 0 Å². The van der Waals surface area contributed by atoms with Crippen LogP contribution in [0.4, 0.5) is 0 Å². The topological polar surface area (TPSA) is 144 Å². The van der Waals surface area contributed by atoms with Crippen molar-refractivity contribution in [3.8, 4) is 0 Å². The number of amides is 2. The Kier molecular flexibility index (Phi) is 4.28. The summed E-state index contributed by atoms with van der Waals surface area (Å²) < 4.78 is 22.3. The number of sulfone groups is 1. The minimum atomic E-state index is -3.22. The minimum absolute atomic E-state index is 0.0847. The summed E-state index contributed by atoms with van der Waals surface area (Å²) in [7, 11) is -3.22. The number of nitrogens with two attached hydrogens (primary N) is 1. The van der Waals surface area contributed by atoms with Crippen LogP contribution in [-0.2, 0) is 24.2 Å². The van der Waals surface area contributed by atoms with Crippen LogP contribution in [-0.4, -0.2) is 48.9 Å². The van der Waals surface area contributed by atoms with Crippen LogP contribution in [0.1, 0.15) is 12.8 Å². The van der Waals surface area contributed by atoms with Gasteiger partial charge in [-0.05, 0) is 6.42 Å². The number of hydrogen-bond acceptors (Lipinski definition) is 5. The van der Waals surface area contributed by atoms with E-state index in [1.54, 1.807) is 0 Å². The van der Waals surface area contributed by atoms with Gasteiger partial charge in [0.2, 0.25) is 11.8 Å². The molecule has 2 amide bonds. The van der Waals surface area contributed by atoms with E-state index in [1.807, 2.05) is 0 Å². The summed E-state index contributed by atoms with van der Waals surface area (Å²) >= 11 is 0. The summed E-state index contributed by atoms with van der Waals surface area (Å²) in [5.41, 5.74) is 4.85. The van der Waals surface area contributed by atoms with Gasteiger partial charge in [-0.15, -0.1) is 0 Å². The van der Waals surface area contributed by atoms with Crippen molar-refractivity contribution in [1.82, 2.24) is 5.32 Å². The molecule has 0 aromatic carbocycles. The molecule has 1 heterocycles. The summed E-state index contributed by atoms with van der Waals surface area (Å²) in [5, 5.41) is 10.9. The second kappa shape index (κ2) is 5.34. The van der Waals surface area contributed by atoms with Gasteiger partial charge in [-0.3, -0.25) is 9.59 Å². The van der Waals surface area contributed by atoms with Crippen LogP contribution in [0.15, 0.2) is 0 Å². The highest BCUT2D eigenvalue weighted by molar-refractivity contribution is 7.91. The Morgan fingerprint density at radius 1 is 1.39 bits per heavy atom. The summed E-state index contributed by atoms with van der Waals surface area (Å²) in [6, 6.07) is -1.42. The third kappa shape index (κ3) is 3.99. The van der Waals surface area contributed by atoms with Gasteiger partial charge in [0.1, 0.15) is 6.04 Å². The first-order valence-electron chi connectivity index (χ1n) is 5.23. The van der Waals surface area contributed by atoms with E-state index >= 15 is 0 Å². The molecule has 0 saturated carbocycles. The number of carbonyl (C=O) groups excluding carboxylic acids is 2. The van der Waals surface area contributed by atoms with Gasteiger partial charge in [0, 0.05) is 0 Å². The Balaban J connectivity index is 2.62. The number of carboxylic acids is 1.